The Morgan fingerprint density at radius 2 is 2.33 bits per heavy atom. The standard InChI is InChI=1S/C17H18N4O3/c1-11(2)21-16-14(9-19-21)7-13(17(23)20-16)3-4-15(22)18-8-12-5-6-24-10-12/h3-7,9-11H,8H2,1-2H3,(H,18,22)(H,20,23)/b4-3+. The molecule has 0 saturated carbocycles. The number of hydrogen-bond acceptors (Lipinski definition) is 4. The van der Waals surface area contributed by atoms with E-state index in [0.29, 0.717) is 17.8 Å². The number of hydrogen-bond donors (Lipinski definition) is 2. The number of rotatable bonds is 5. The second-order valence-corrected chi connectivity index (χ2v) is 5.72. The molecule has 24 heavy (non-hydrogen) atoms. The molecule has 0 aliphatic carbocycles. The summed E-state index contributed by atoms with van der Waals surface area (Å²) in [6, 6.07) is 3.64. The molecule has 2 N–H and O–H groups in total. The van der Waals surface area contributed by atoms with Crippen LogP contribution in [0.5, 0.6) is 0 Å². The monoisotopic (exact) mass is 326 g/mol. The number of nitrogens with one attached hydrogen (secondary N) is 2. The number of H-pyrrole nitrogens is 1. The topological polar surface area (TPSA) is 92.9 Å². The maximum absolute atomic E-state index is 12.2. The second-order valence-electron chi connectivity index (χ2n) is 5.72. The Hall–Kier alpha value is -3.09. The third kappa shape index (κ3) is 3.29. The van der Waals surface area contributed by atoms with E-state index in [-0.39, 0.29) is 17.5 Å². The molecule has 3 rings (SSSR count). The van der Waals surface area contributed by atoms with Gasteiger partial charge in [0.15, 0.2) is 0 Å². The number of aromatic amines is 1. The van der Waals surface area contributed by atoms with Gasteiger partial charge in [0.2, 0.25) is 5.91 Å². The third-order valence-electron chi connectivity index (χ3n) is 3.58. The molecule has 3 heterocycles. The molecule has 0 radical (unpaired) electrons. The summed E-state index contributed by atoms with van der Waals surface area (Å²) in [5.74, 6) is -0.284. The van der Waals surface area contributed by atoms with Gasteiger partial charge >= 0.3 is 0 Å². The molecule has 0 unspecified atom stereocenters. The van der Waals surface area contributed by atoms with Gasteiger partial charge in [-0.15, -0.1) is 0 Å². The minimum atomic E-state index is -0.284. The minimum Gasteiger partial charge on any atom is -0.472 e. The summed E-state index contributed by atoms with van der Waals surface area (Å²) in [4.78, 5) is 26.8. The van der Waals surface area contributed by atoms with Crippen LogP contribution in [0.2, 0.25) is 0 Å². The van der Waals surface area contributed by atoms with E-state index in [9.17, 15) is 9.59 Å². The normalized spacial score (nSPS) is 11.6. The van der Waals surface area contributed by atoms with Crippen LogP contribution in [0.25, 0.3) is 17.1 Å². The largest absolute Gasteiger partial charge is 0.472 e. The van der Waals surface area contributed by atoms with Crippen molar-refractivity contribution in [3.05, 3.63) is 58.4 Å². The molecule has 0 bridgehead atoms. The summed E-state index contributed by atoms with van der Waals surface area (Å²) in [5, 5.41) is 7.80. The molecule has 7 nitrogen and oxygen atoms in total. The summed E-state index contributed by atoms with van der Waals surface area (Å²) in [5.41, 5.74) is 1.70. The van der Waals surface area contributed by atoms with Crippen LogP contribution < -0.4 is 10.9 Å². The fraction of sp³-hybridized carbons (Fsp3) is 0.235. The summed E-state index contributed by atoms with van der Waals surface area (Å²) in [6.07, 6.45) is 7.64. The molecule has 3 aromatic rings. The fourth-order valence-electron chi connectivity index (χ4n) is 2.35. The summed E-state index contributed by atoms with van der Waals surface area (Å²) < 4.78 is 6.68. The van der Waals surface area contributed by atoms with Gasteiger partial charge in [-0.1, -0.05) is 0 Å². The Labute approximate surface area is 138 Å². The Morgan fingerprint density at radius 3 is 3.04 bits per heavy atom. The quantitative estimate of drug-likeness (QED) is 0.703. The van der Waals surface area contributed by atoms with Crippen LogP contribution in [0.1, 0.15) is 31.0 Å². The molecule has 0 atom stereocenters. The number of aromatic nitrogens is 3. The van der Waals surface area contributed by atoms with Crippen molar-refractivity contribution in [1.29, 1.82) is 0 Å². The Balaban J connectivity index is 1.75. The first-order valence-electron chi connectivity index (χ1n) is 7.62. The maximum Gasteiger partial charge on any atom is 0.256 e. The van der Waals surface area contributed by atoms with Gasteiger partial charge < -0.3 is 14.7 Å². The highest BCUT2D eigenvalue weighted by Crippen LogP contribution is 2.15. The number of pyridine rings is 1. The molecular weight excluding hydrogens is 308 g/mol. The molecule has 0 spiro atoms. The van der Waals surface area contributed by atoms with Crippen LogP contribution >= 0.6 is 0 Å². The lowest BCUT2D eigenvalue weighted by Crippen LogP contribution is -2.20. The number of carbonyl (C=O) groups is 1. The zero-order valence-electron chi connectivity index (χ0n) is 13.4. The zero-order valence-corrected chi connectivity index (χ0v) is 13.4. The van der Waals surface area contributed by atoms with E-state index in [1.165, 1.54) is 12.2 Å². The molecule has 0 fully saturated rings. The van der Waals surface area contributed by atoms with Crippen molar-refractivity contribution < 1.29 is 9.21 Å². The number of furan rings is 1. The maximum atomic E-state index is 12.2. The zero-order chi connectivity index (χ0) is 17.1. The van der Waals surface area contributed by atoms with Crippen LogP contribution in [0.3, 0.4) is 0 Å². The van der Waals surface area contributed by atoms with Crippen molar-refractivity contribution in [2.45, 2.75) is 26.4 Å². The molecule has 124 valence electrons. The van der Waals surface area contributed by atoms with E-state index in [1.54, 1.807) is 35.5 Å². The van der Waals surface area contributed by atoms with Gasteiger partial charge in [0.05, 0.1) is 18.7 Å². The van der Waals surface area contributed by atoms with E-state index < -0.39 is 0 Å². The van der Waals surface area contributed by atoms with Gasteiger partial charge in [-0.3, -0.25) is 9.59 Å². The smallest absolute Gasteiger partial charge is 0.256 e. The van der Waals surface area contributed by atoms with Crippen LogP contribution in [0, 0.1) is 0 Å². The first-order valence-corrected chi connectivity index (χ1v) is 7.62. The number of amides is 1. The molecule has 0 aromatic carbocycles. The Kier molecular flexibility index (Phi) is 4.33. The summed E-state index contributed by atoms with van der Waals surface area (Å²) in [7, 11) is 0. The number of fused-ring (bicyclic) bond motifs is 1. The molecule has 0 aliphatic rings. The van der Waals surface area contributed by atoms with Gasteiger partial charge in [0.1, 0.15) is 5.65 Å². The predicted octanol–water partition coefficient (Wildman–Crippen LogP) is 2.23. The number of carbonyl (C=O) groups excluding carboxylic acids is 1. The van der Waals surface area contributed by atoms with Crippen LogP contribution in [0.4, 0.5) is 0 Å². The van der Waals surface area contributed by atoms with Crippen molar-refractivity contribution in [1.82, 2.24) is 20.1 Å². The number of nitrogens with zero attached hydrogens (tertiary/aromatic N) is 2. The Bertz CT molecular complexity index is 933. The van der Waals surface area contributed by atoms with Crippen molar-refractivity contribution in [2.24, 2.45) is 0 Å². The summed E-state index contributed by atoms with van der Waals surface area (Å²) >= 11 is 0. The Morgan fingerprint density at radius 1 is 1.50 bits per heavy atom. The van der Waals surface area contributed by atoms with Gasteiger partial charge in [-0.2, -0.15) is 5.10 Å². The van der Waals surface area contributed by atoms with E-state index >= 15 is 0 Å². The van der Waals surface area contributed by atoms with Crippen molar-refractivity contribution in [3.63, 3.8) is 0 Å². The van der Waals surface area contributed by atoms with E-state index in [2.05, 4.69) is 15.4 Å². The lowest BCUT2D eigenvalue weighted by molar-refractivity contribution is -0.116. The van der Waals surface area contributed by atoms with Gasteiger partial charge in [-0.25, -0.2) is 4.68 Å². The van der Waals surface area contributed by atoms with Crippen molar-refractivity contribution >= 4 is 23.0 Å². The first-order chi connectivity index (χ1) is 11.5. The fourth-order valence-corrected chi connectivity index (χ4v) is 2.35. The molecule has 0 aliphatic heterocycles. The van der Waals surface area contributed by atoms with Crippen LogP contribution in [-0.4, -0.2) is 20.7 Å². The lowest BCUT2D eigenvalue weighted by Gasteiger charge is -2.06. The molecule has 0 saturated heterocycles. The minimum absolute atomic E-state index is 0.147. The average Bonchev–Trinajstić information content (AvgIpc) is 3.19. The third-order valence-corrected chi connectivity index (χ3v) is 3.58. The van der Waals surface area contributed by atoms with E-state index in [1.807, 2.05) is 13.8 Å². The van der Waals surface area contributed by atoms with Crippen molar-refractivity contribution in [2.75, 3.05) is 0 Å². The molecule has 3 aromatic heterocycles. The van der Waals surface area contributed by atoms with E-state index in [0.717, 1.165) is 10.9 Å². The molecule has 7 heteroatoms. The highest BCUT2D eigenvalue weighted by Gasteiger charge is 2.09. The highest BCUT2D eigenvalue weighted by molar-refractivity contribution is 5.92. The molecule has 1 amide bonds. The van der Waals surface area contributed by atoms with E-state index in [4.69, 9.17) is 4.42 Å². The van der Waals surface area contributed by atoms with Crippen LogP contribution in [0.15, 0.2) is 46.1 Å². The van der Waals surface area contributed by atoms with Crippen LogP contribution in [-0.2, 0) is 11.3 Å². The van der Waals surface area contributed by atoms with Gasteiger partial charge in [-0.05, 0) is 32.1 Å². The second kappa shape index (κ2) is 6.57. The predicted molar refractivity (Wildman–Crippen MR) is 90.3 cm³/mol. The first kappa shape index (κ1) is 15.8. The van der Waals surface area contributed by atoms with Gasteiger partial charge in [0, 0.05) is 35.2 Å². The SMILES string of the molecule is CC(C)n1ncc2cc(/C=C/C(=O)NCc3ccoc3)c(=O)[nH]c21. The highest BCUT2D eigenvalue weighted by atomic mass is 16.3. The lowest BCUT2D eigenvalue weighted by atomic mass is 10.2. The van der Waals surface area contributed by atoms with Gasteiger partial charge in [0.25, 0.3) is 5.56 Å². The summed E-state index contributed by atoms with van der Waals surface area (Å²) in [6.45, 7) is 4.35. The van der Waals surface area contributed by atoms with Crippen molar-refractivity contribution in [3.8, 4) is 0 Å². The average molecular weight is 326 g/mol. The molecular formula is C17H18N4O3.